The van der Waals surface area contributed by atoms with Crippen molar-refractivity contribution in [2.24, 2.45) is 0 Å². The normalized spacial score (nSPS) is 11.0. The summed E-state index contributed by atoms with van der Waals surface area (Å²) in [5.41, 5.74) is 6.17. The zero-order chi connectivity index (χ0) is 19.6. The summed E-state index contributed by atoms with van der Waals surface area (Å²) in [6.45, 7) is 4.28. The molecular formula is C29H22. The van der Waals surface area contributed by atoms with Gasteiger partial charge in [-0.05, 0) is 67.9 Å². The third-order valence-electron chi connectivity index (χ3n) is 5.59. The molecule has 5 rings (SSSR count). The summed E-state index contributed by atoms with van der Waals surface area (Å²) in [6.07, 6.45) is 0.867. The van der Waals surface area contributed by atoms with E-state index in [-0.39, 0.29) is 0 Å². The van der Waals surface area contributed by atoms with Crippen LogP contribution in [0, 0.1) is 0 Å². The Morgan fingerprint density at radius 2 is 1.07 bits per heavy atom. The van der Waals surface area contributed by atoms with E-state index in [1.807, 2.05) is 6.07 Å². The Balaban J connectivity index is 1.45. The zero-order valence-electron chi connectivity index (χ0n) is 16.3. The second kappa shape index (κ2) is 7.41. The van der Waals surface area contributed by atoms with E-state index in [2.05, 4.69) is 110 Å². The Morgan fingerprint density at radius 3 is 1.83 bits per heavy atom. The van der Waals surface area contributed by atoms with E-state index in [1.165, 1.54) is 43.8 Å². The molecule has 0 heterocycles. The maximum atomic E-state index is 4.28. The summed E-state index contributed by atoms with van der Waals surface area (Å²) in [5.74, 6) is 0. The second-order valence-electron chi connectivity index (χ2n) is 7.60. The van der Waals surface area contributed by atoms with Crippen molar-refractivity contribution in [2.75, 3.05) is 0 Å². The molecule has 0 aliphatic heterocycles. The third-order valence-corrected chi connectivity index (χ3v) is 5.59. The highest BCUT2D eigenvalue weighted by atomic mass is 14.1. The maximum Gasteiger partial charge on any atom is -0.00255 e. The van der Waals surface area contributed by atoms with Crippen LogP contribution in [0.5, 0.6) is 0 Å². The Morgan fingerprint density at radius 1 is 0.517 bits per heavy atom. The minimum atomic E-state index is 0.867. The summed E-state index contributed by atoms with van der Waals surface area (Å²) >= 11 is 0. The Bertz CT molecular complexity index is 1330. The largest absolute Gasteiger partial charge is 0.0949 e. The van der Waals surface area contributed by atoms with Gasteiger partial charge in [0.1, 0.15) is 0 Å². The Hall–Kier alpha value is -3.64. The lowest BCUT2D eigenvalue weighted by Crippen LogP contribution is -1.90. The van der Waals surface area contributed by atoms with Crippen LogP contribution in [0.15, 0.2) is 116 Å². The standard InChI is InChI=1S/C29H22/c1-21(23-7-3-2-4-8-23)17-22-11-12-27-20-29(16-15-26(27)18-22)28-14-13-24-9-5-6-10-25(24)19-28/h2-16,18-20H,1,17H2. The van der Waals surface area contributed by atoms with E-state index in [9.17, 15) is 0 Å². The first-order valence-electron chi connectivity index (χ1n) is 10.0. The minimum Gasteiger partial charge on any atom is -0.0949 e. The first kappa shape index (κ1) is 17.5. The summed E-state index contributed by atoms with van der Waals surface area (Å²) < 4.78 is 0. The van der Waals surface area contributed by atoms with Gasteiger partial charge in [0.2, 0.25) is 0 Å². The highest BCUT2D eigenvalue weighted by molar-refractivity contribution is 5.91. The molecule has 0 atom stereocenters. The molecule has 0 fully saturated rings. The molecule has 0 unspecified atom stereocenters. The first-order chi connectivity index (χ1) is 14.3. The monoisotopic (exact) mass is 370 g/mol. The zero-order valence-corrected chi connectivity index (χ0v) is 16.3. The molecule has 0 saturated heterocycles. The molecule has 29 heavy (non-hydrogen) atoms. The van der Waals surface area contributed by atoms with Crippen LogP contribution < -0.4 is 0 Å². The van der Waals surface area contributed by atoms with Gasteiger partial charge in [0.15, 0.2) is 0 Å². The van der Waals surface area contributed by atoms with E-state index in [0.29, 0.717) is 0 Å². The SMILES string of the molecule is C=C(Cc1ccc2cc(-c3ccc4ccccc4c3)ccc2c1)c1ccccc1. The van der Waals surface area contributed by atoms with E-state index < -0.39 is 0 Å². The van der Waals surface area contributed by atoms with Crippen LogP contribution in [0.3, 0.4) is 0 Å². The van der Waals surface area contributed by atoms with Crippen LogP contribution in [0.4, 0.5) is 0 Å². The van der Waals surface area contributed by atoms with Crippen molar-refractivity contribution >= 4 is 27.1 Å². The number of rotatable bonds is 4. The molecule has 0 N–H and O–H groups in total. The van der Waals surface area contributed by atoms with Gasteiger partial charge >= 0.3 is 0 Å². The molecular weight excluding hydrogens is 348 g/mol. The average Bonchev–Trinajstić information content (AvgIpc) is 2.79. The molecule has 0 aromatic heterocycles. The predicted octanol–water partition coefficient (Wildman–Crippen LogP) is 7.92. The lowest BCUT2D eigenvalue weighted by molar-refractivity contribution is 1.30. The summed E-state index contributed by atoms with van der Waals surface area (Å²) in [7, 11) is 0. The molecule has 5 aromatic rings. The molecule has 0 spiro atoms. The van der Waals surface area contributed by atoms with E-state index in [4.69, 9.17) is 0 Å². The van der Waals surface area contributed by atoms with Gasteiger partial charge < -0.3 is 0 Å². The molecule has 0 nitrogen and oxygen atoms in total. The fraction of sp³-hybridized carbons (Fsp3) is 0.0345. The van der Waals surface area contributed by atoms with Crippen molar-refractivity contribution in [1.82, 2.24) is 0 Å². The van der Waals surface area contributed by atoms with Crippen LogP contribution in [0.2, 0.25) is 0 Å². The van der Waals surface area contributed by atoms with Crippen LogP contribution in [-0.4, -0.2) is 0 Å². The van der Waals surface area contributed by atoms with Crippen molar-refractivity contribution in [3.05, 3.63) is 127 Å². The minimum absolute atomic E-state index is 0.867. The van der Waals surface area contributed by atoms with E-state index in [1.54, 1.807) is 0 Å². The van der Waals surface area contributed by atoms with Gasteiger partial charge in [-0.25, -0.2) is 0 Å². The van der Waals surface area contributed by atoms with Crippen molar-refractivity contribution in [3.63, 3.8) is 0 Å². The van der Waals surface area contributed by atoms with Crippen molar-refractivity contribution in [2.45, 2.75) is 6.42 Å². The molecule has 0 radical (unpaired) electrons. The van der Waals surface area contributed by atoms with E-state index >= 15 is 0 Å². The Labute approximate surface area is 171 Å². The smallest absolute Gasteiger partial charge is 0.00255 e. The third kappa shape index (κ3) is 3.58. The van der Waals surface area contributed by atoms with Gasteiger partial charge in [-0.1, -0.05) is 104 Å². The molecule has 5 aromatic carbocycles. The molecule has 0 heteroatoms. The Kier molecular flexibility index (Phi) is 4.46. The highest BCUT2D eigenvalue weighted by Crippen LogP contribution is 2.29. The van der Waals surface area contributed by atoms with Gasteiger partial charge in [-0.15, -0.1) is 0 Å². The number of benzene rings is 5. The first-order valence-corrected chi connectivity index (χ1v) is 10.0. The van der Waals surface area contributed by atoms with Crippen LogP contribution in [0.25, 0.3) is 38.2 Å². The summed E-state index contributed by atoms with van der Waals surface area (Å²) in [5, 5.41) is 5.10. The molecule has 138 valence electrons. The molecule has 0 saturated carbocycles. The topological polar surface area (TPSA) is 0 Å². The lowest BCUT2D eigenvalue weighted by Gasteiger charge is -2.09. The van der Waals surface area contributed by atoms with Crippen molar-refractivity contribution in [1.29, 1.82) is 0 Å². The van der Waals surface area contributed by atoms with Crippen LogP contribution in [0.1, 0.15) is 11.1 Å². The van der Waals surface area contributed by atoms with Gasteiger partial charge in [-0.3, -0.25) is 0 Å². The van der Waals surface area contributed by atoms with Crippen molar-refractivity contribution < 1.29 is 0 Å². The van der Waals surface area contributed by atoms with Crippen LogP contribution >= 0.6 is 0 Å². The van der Waals surface area contributed by atoms with Crippen molar-refractivity contribution in [3.8, 4) is 11.1 Å². The average molecular weight is 370 g/mol. The predicted molar refractivity (Wildman–Crippen MR) is 126 cm³/mol. The van der Waals surface area contributed by atoms with Gasteiger partial charge in [0.05, 0.1) is 0 Å². The highest BCUT2D eigenvalue weighted by Gasteiger charge is 2.05. The van der Waals surface area contributed by atoms with Gasteiger partial charge in [-0.2, -0.15) is 0 Å². The molecule has 0 amide bonds. The fourth-order valence-electron chi connectivity index (χ4n) is 3.98. The van der Waals surface area contributed by atoms with E-state index in [0.717, 1.165) is 12.0 Å². The quantitative estimate of drug-likeness (QED) is 0.301. The number of fused-ring (bicyclic) bond motifs is 2. The maximum absolute atomic E-state index is 4.28. The summed E-state index contributed by atoms with van der Waals surface area (Å²) in [6, 6.07) is 39.1. The summed E-state index contributed by atoms with van der Waals surface area (Å²) in [4.78, 5) is 0. The lowest BCUT2D eigenvalue weighted by atomic mass is 9.95. The molecule has 0 aliphatic rings. The van der Waals surface area contributed by atoms with Crippen LogP contribution in [-0.2, 0) is 6.42 Å². The fourth-order valence-corrected chi connectivity index (χ4v) is 3.98. The number of hydrogen-bond donors (Lipinski definition) is 0. The molecule has 0 aliphatic carbocycles. The number of hydrogen-bond acceptors (Lipinski definition) is 0. The van der Waals surface area contributed by atoms with Gasteiger partial charge in [0.25, 0.3) is 0 Å². The number of allylic oxidation sites excluding steroid dienone is 1. The van der Waals surface area contributed by atoms with Gasteiger partial charge in [0, 0.05) is 0 Å². The second-order valence-corrected chi connectivity index (χ2v) is 7.60. The molecule has 0 bridgehead atoms.